The summed E-state index contributed by atoms with van der Waals surface area (Å²) in [6, 6.07) is 2.71. The zero-order chi connectivity index (χ0) is 21.7. The monoisotopic (exact) mass is 429 g/mol. The van der Waals surface area contributed by atoms with Gasteiger partial charge in [-0.15, -0.1) is 0 Å². The molecular formula is C20H30F3N5O2. The number of amides is 2. The van der Waals surface area contributed by atoms with Crippen molar-refractivity contribution in [2.45, 2.75) is 44.4 Å². The summed E-state index contributed by atoms with van der Waals surface area (Å²) in [7, 11) is 0. The molecule has 2 saturated heterocycles. The topological polar surface area (TPSA) is 74.9 Å². The smallest absolute Gasteiger partial charge is 0.380 e. The van der Waals surface area contributed by atoms with Crippen LogP contribution in [-0.2, 0) is 10.9 Å². The second kappa shape index (κ2) is 9.82. The molecule has 1 aromatic heterocycles. The number of nitrogens with two attached hydrogens (primary N) is 1. The highest BCUT2D eigenvalue weighted by molar-refractivity contribution is 5.77. The van der Waals surface area contributed by atoms with E-state index < -0.39 is 11.7 Å². The van der Waals surface area contributed by atoms with E-state index in [0.717, 1.165) is 31.5 Å². The molecule has 2 aliphatic heterocycles. The Kier molecular flexibility index (Phi) is 7.41. The van der Waals surface area contributed by atoms with Gasteiger partial charge in [-0.05, 0) is 38.3 Å². The molecule has 1 unspecified atom stereocenters. The number of ether oxygens (including phenoxy) is 1. The predicted molar refractivity (Wildman–Crippen MR) is 107 cm³/mol. The van der Waals surface area contributed by atoms with Gasteiger partial charge >= 0.3 is 12.2 Å². The lowest BCUT2D eigenvalue weighted by molar-refractivity contribution is -0.137. The molecule has 3 rings (SSSR count). The highest BCUT2D eigenvalue weighted by Crippen LogP contribution is 2.30. The van der Waals surface area contributed by atoms with Crippen LogP contribution < -0.4 is 10.6 Å². The van der Waals surface area contributed by atoms with E-state index in [1.807, 2.05) is 21.6 Å². The highest BCUT2D eigenvalue weighted by atomic mass is 19.4. The number of pyridine rings is 1. The molecule has 2 N–H and O–H groups in total. The van der Waals surface area contributed by atoms with Crippen molar-refractivity contribution in [3.05, 3.63) is 23.9 Å². The first-order valence-electron chi connectivity index (χ1n) is 10.4. The summed E-state index contributed by atoms with van der Waals surface area (Å²) in [6.07, 6.45) is -1.17. The molecule has 10 heteroatoms. The largest absolute Gasteiger partial charge is 0.417 e. The van der Waals surface area contributed by atoms with E-state index >= 15 is 0 Å². The molecule has 0 aromatic carbocycles. The number of halogens is 3. The van der Waals surface area contributed by atoms with Crippen molar-refractivity contribution < 1.29 is 22.7 Å². The van der Waals surface area contributed by atoms with Gasteiger partial charge in [-0.2, -0.15) is 13.2 Å². The Bertz CT molecular complexity index is 691. The Morgan fingerprint density at radius 1 is 1.23 bits per heavy atom. The van der Waals surface area contributed by atoms with Crippen LogP contribution in [-0.4, -0.2) is 78.8 Å². The van der Waals surface area contributed by atoms with Crippen LogP contribution in [0.4, 0.5) is 23.8 Å². The average Bonchev–Trinajstić information content (AvgIpc) is 3.07. The van der Waals surface area contributed by atoms with Gasteiger partial charge in [0.05, 0.1) is 12.2 Å². The second-order valence-electron chi connectivity index (χ2n) is 7.99. The molecule has 1 aromatic rings. The van der Waals surface area contributed by atoms with Gasteiger partial charge in [0.2, 0.25) is 0 Å². The standard InChI is InChI=1S/C20H30F3N5O2/c1-15(24)14-30-12-2-7-27-10-11-28(19(27)29)17-5-8-26(9-6-17)18-4-3-16(13-25-18)20(21,22)23/h3-4,13,15,17H,2,5-12,14,24H2,1H3. The number of hydrogen-bond acceptors (Lipinski definition) is 5. The minimum Gasteiger partial charge on any atom is -0.380 e. The van der Waals surface area contributed by atoms with Crippen LogP contribution in [0.3, 0.4) is 0 Å². The SMILES string of the molecule is CC(N)COCCCN1CCN(C2CCN(c3ccc(C(F)(F)F)cn3)CC2)C1=O. The quantitative estimate of drug-likeness (QED) is 0.643. The van der Waals surface area contributed by atoms with Gasteiger partial charge in [-0.1, -0.05) is 0 Å². The van der Waals surface area contributed by atoms with Crippen LogP contribution in [0.1, 0.15) is 31.7 Å². The summed E-state index contributed by atoms with van der Waals surface area (Å²) in [4.78, 5) is 22.5. The van der Waals surface area contributed by atoms with E-state index in [2.05, 4.69) is 4.98 Å². The average molecular weight is 429 g/mol. The summed E-state index contributed by atoms with van der Waals surface area (Å²) < 4.78 is 43.5. The zero-order valence-electron chi connectivity index (χ0n) is 17.3. The molecule has 2 amide bonds. The number of carbonyl (C=O) groups is 1. The molecule has 0 radical (unpaired) electrons. The first-order valence-corrected chi connectivity index (χ1v) is 10.4. The van der Waals surface area contributed by atoms with E-state index in [1.165, 1.54) is 6.07 Å². The molecule has 3 heterocycles. The van der Waals surface area contributed by atoms with Gasteiger partial charge in [0.25, 0.3) is 0 Å². The van der Waals surface area contributed by atoms with Crippen molar-refractivity contribution in [1.82, 2.24) is 14.8 Å². The summed E-state index contributed by atoms with van der Waals surface area (Å²) in [5.41, 5.74) is 4.90. The van der Waals surface area contributed by atoms with Crippen LogP contribution in [0, 0.1) is 0 Å². The van der Waals surface area contributed by atoms with Crippen LogP contribution in [0.5, 0.6) is 0 Å². The summed E-state index contributed by atoms with van der Waals surface area (Å²) in [5.74, 6) is 0.544. The zero-order valence-corrected chi connectivity index (χ0v) is 17.3. The summed E-state index contributed by atoms with van der Waals surface area (Å²) in [5, 5.41) is 0. The van der Waals surface area contributed by atoms with Crippen molar-refractivity contribution in [3.63, 3.8) is 0 Å². The van der Waals surface area contributed by atoms with E-state index in [1.54, 1.807) is 0 Å². The van der Waals surface area contributed by atoms with Gasteiger partial charge in [0.1, 0.15) is 5.82 Å². The molecule has 2 aliphatic rings. The molecular weight excluding hydrogens is 399 g/mol. The lowest BCUT2D eigenvalue weighted by Crippen LogP contribution is -2.47. The van der Waals surface area contributed by atoms with Crippen molar-refractivity contribution in [3.8, 4) is 0 Å². The molecule has 168 valence electrons. The van der Waals surface area contributed by atoms with Crippen molar-refractivity contribution >= 4 is 11.8 Å². The lowest BCUT2D eigenvalue weighted by Gasteiger charge is -2.37. The van der Waals surface area contributed by atoms with Crippen molar-refractivity contribution in [2.24, 2.45) is 5.73 Å². The van der Waals surface area contributed by atoms with Crippen molar-refractivity contribution in [2.75, 3.05) is 50.8 Å². The van der Waals surface area contributed by atoms with Crippen LogP contribution in [0.2, 0.25) is 0 Å². The van der Waals surface area contributed by atoms with Crippen LogP contribution >= 0.6 is 0 Å². The first kappa shape index (κ1) is 22.6. The van der Waals surface area contributed by atoms with Crippen LogP contribution in [0.15, 0.2) is 18.3 Å². The van der Waals surface area contributed by atoms with Gasteiger partial charge in [0.15, 0.2) is 0 Å². The molecule has 0 spiro atoms. The van der Waals surface area contributed by atoms with E-state index in [9.17, 15) is 18.0 Å². The van der Waals surface area contributed by atoms with Gasteiger partial charge < -0.3 is 25.2 Å². The molecule has 2 fully saturated rings. The number of anilines is 1. The molecule has 30 heavy (non-hydrogen) atoms. The van der Waals surface area contributed by atoms with E-state index in [0.29, 0.717) is 51.8 Å². The molecule has 1 atom stereocenters. The Labute approximate surface area is 175 Å². The summed E-state index contributed by atoms with van der Waals surface area (Å²) >= 11 is 0. The molecule has 7 nitrogen and oxygen atoms in total. The molecule has 0 saturated carbocycles. The third-order valence-electron chi connectivity index (χ3n) is 5.53. The Balaban J connectivity index is 1.43. The third kappa shape index (κ3) is 5.75. The van der Waals surface area contributed by atoms with Gasteiger partial charge in [0, 0.05) is 57.6 Å². The number of urea groups is 1. The predicted octanol–water partition coefficient (Wildman–Crippen LogP) is 2.56. The number of carbonyl (C=O) groups excluding carboxylic acids is 1. The molecule has 0 aliphatic carbocycles. The Hall–Kier alpha value is -2.07. The fourth-order valence-electron chi connectivity index (χ4n) is 3.92. The minimum atomic E-state index is -4.38. The number of alkyl halides is 3. The molecule has 0 bridgehead atoms. The van der Waals surface area contributed by atoms with Crippen LogP contribution in [0.25, 0.3) is 0 Å². The lowest BCUT2D eigenvalue weighted by atomic mass is 10.0. The van der Waals surface area contributed by atoms with Crippen molar-refractivity contribution in [1.29, 1.82) is 0 Å². The number of rotatable bonds is 8. The third-order valence-corrected chi connectivity index (χ3v) is 5.53. The maximum atomic E-state index is 12.7. The fourth-order valence-corrected chi connectivity index (χ4v) is 3.92. The number of aromatic nitrogens is 1. The second-order valence-corrected chi connectivity index (χ2v) is 7.99. The minimum absolute atomic E-state index is 0.0116. The number of hydrogen-bond donors (Lipinski definition) is 1. The maximum Gasteiger partial charge on any atom is 0.417 e. The highest BCUT2D eigenvalue weighted by Gasteiger charge is 2.35. The fraction of sp³-hybridized carbons (Fsp3) is 0.700. The van der Waals surface area contributed by atoms with Gasteiger partial charge in [-0.25, -0.2) is 9.78 Å². The first-order chi connectivity index (χ1) is 14.3. The number of piperidine rings is 1. The van der Waals surface area contributed by atoms with Gasteiger partial charge in [-0.3, -0.25) is 0 Å². The maximum absolute atomic E-state index is 12.7. The normalized spacial score (nSPS) is 19.6. The summed E-state index contributed by atoms with van der Waals surface area (Å²) in [6.45, 7) is 6.42. The Morgan fingerprint density at radius 3 is 2.57 bits per heavy atom. The number of nitrogens with zero attached hydrogens (tertiary/aromatic N) is 4. The van der Waals surface area contributed by atoms with E-state index in [-0.39, 0.29) is 18.1 Å². The Morgan fingerprint density at radius 2 is 1.97 bits per heavy atom. The van der Waals surface area contributed by atoms with E-state index in [4.69, 9.17) is 10.5 Å².